The van der Waals surface area contributed by atoms with Crippen molar-refractivity contribution in [3.63, 3.8) is 0 Å². The van der Waals surface area contributed by atoms with E-state index in [1.54, 1.807) is 0 Å². The fourth-order valence-electron chi connectivity index (χ4n) is 6.86. The molecule has 0 spiro atoms. The summed E-state index contributed by atoms with van der Waals surface area (Å²) in [5.41, 5.74) is 8.16. The van der Waals surface area contributed by atoms with Crippen molar-refractivity contribution in [1.82, 2.24) is 0 Å². The van der Waals surface area contributed by atoms with E-state index < -0.39 is 0 Å². The Balaban J connectivity index is 1.24. The second-order valence-electron chi connectivity index (χ2n) is 12.7. The predicted molar refractivity (Wildman–Crippen MR) is 207 cm³/mol. The largest absolute Gasteiger partial charge is 0.310 e. The molecule has 0 amide bonds. The maximum atomic E-state index is 2.39. The van der Waals surface area contributed by atoms with E-state index >= 15 is 0 Å². The van der Waals surface area contributed by atoms with Crippen LogP contribution < -0.4 is 9.80 Å². The summed E-state index contributed by atoms with van der Waals surface area (Å²) in [5.74, 6) is 0.530. The number of fused-ring (bicyclic) bond motifs is 3. The van der Waals surface area contributed by atoms with Crippen molar-refractivity contribution >= 4 is 66.4 Å². The number of rotatable bonds is 8. The number of anilines is 6. The van der Waals surface area contributed by atoms with Crippen LogP contribution in [0.4, 0.5) is 34.1 Å². The third kappa shape index (κ3) is 5.56. The van der Waals surface area contributed by atoms with E-state index in [0.717, 1.165) is 34.9 Å². The Hall–Kier alpha value is -5.86. The van der Waals surface area contributed by atoms with Crippen LogP contribution in [-0.4, -0.2) is 0 Å². The second-order valence-corrected chi connectivity index (χ2v) is 12.7. The molecule has 0 aromatic heterocycles. The maximum Gasteiger partial charge on any atom is 0.0540 e. The number of hydrogen-bond donors (Lipinski definition) is 0. The molecule has 0 fully saturated rings. The van der Waals surface area contributed by atoms with Crippen molar-refractivity contribution < 1.29 is 0 Å². The molecule has 1 atom stereocenters. The molecule has 1 unspecified atom stereocenters. The Morgan fingerprint density at radius 1 is 0.396 bits per heavy atom. The standard InChI is InChI=1S/C46H38N2/c1-3-33(2)34-20-23-42(24-21-34)48(46-19-11-15-35-12-9-10-18-45(35)46)43-28-26-41(27-29-43)47(40-16-5-4-6-17-40)44-25-22-38-30-36-13-7-8-14-37(36)31-39(38)32-44/h4-33H,3H2,1-2H3. The van der Waals surface area contributed by atoms with Crippen LogP contribution in [0.3, 0.4) is 0 Å². The molecule has 0 N–H and O–H groups in total. The zero-order chi connectivity index (χ0) is 32.5. The third-order valence-electron chi connectivity index (χ3n) is 9.67. The first-order chi connectivity index (χ1) is 23.7. The Morgan fingerprint density at radius 2 is 0.896 bits per heavy atom. The quantitative estimate of drug-likeness (QED) is 0.156. The molecule has 0 radical (unpaired) electrons. The SMILES string of the molecule is CCC(C)c1ccc(N(c2ccc(N(c3ccccc3)c3ccc4cc5ccccc5cc4c3)cc2)c2cccc3ccccc23)cc1. The third-order valence-corrected chi connectivity index (χ3v) is 9.67. The molecule has 0 aliphatic heterocycles. The topological polar surface area (TPSA) is 6.48 Å². The van der Waals surface area contributed by atoms with Crippen LogP contribution in [0.5, 0.6) is 0 Å². The zero-order valence-corrected chi connectivity index (χ0v) is 27.4. The van der Waals surface area contributed by atoms with Crippen LogP contribution in [0.1, 0.15) is 31.7 Å². The minimum atomic E-state index is 0.530. The highest BCUT2D eigenvalue weighted by Gasteiger charge is 2.18. The Labute approximate surface area is 283 Å². The van der Waals surface area contributed by atoms with E-state index in [2.05, 4.69) is 200 Å². The average molecular weight is 619 g/mol. The number of para-hydroxylation sites is 1. The van der Waals surface area contributed by atoms with E-state index in [4.69, 9.17) is 0 Å². The van der Waals surface area contributed by atoms with Crippen molar-refractivity contribution in [1.29, 1.82) is 0 Å². The van der Waals surface area contributed by atoms with Gasteiger partial charge in [0.25, 0.3) is 0 Å². The molecule has 8 rings (SSSR count). The number of nitrogens with zero attached hydrogens (tertiary/aromatic N) is 2. The monoisotopic (exact) mass is 618 g/mol. The van der Waals surface area contributed by atoms with Gasteiger partial charge in [-0.25, -0.2) is 0 Å². The lowest BCUT2D eigenvalue weighted by Crippen LogP contribution is -2.12. The molecule has 0 saturated heterocycles. The molecule has 48 heavy (non-hydrogen) atoms. The summed E-state index contributed by atoms with van der Waals surface area (Å²) in [4.78, 5) is 4.74. The first kappa shape index (κ1) is 29.5. The van der Waals surface area contributed by atoms with E-state index in [1.165, 1.54) is 43.6 Å². The van der Waals surface area contributed by atoms with Gasteiger partial charge < -0.3 is 9.80 Å². The molecular weight excluding hydrogens is 581 g/mol. The van der Waals surface area contributed by atoms with Crippen molar-refractivity contribution in [2.24, 2.45) is 0 Å². The molecule has 8 aromatic rings. The molecule has 2 heteroatoms. The normalized spacial score (nSPS) is 12.0. The van der Waals surface area contributed by atoms with Crippen molar-refractivity contribution in [2.75, 3.05) is 9.80 Å². The Morgan fingerprint density at radius 3 is 1.58 bits per heavy atom. The van der Waals surface area contributed by atoms with Gasteiger partial charge in [0, 0.05) is 33.8 Å². The summed E-state index contributed by atoms with van der Waals surface area (Å²) in [6.07, 6.45) is 1.12. The summed E-state index contributed by atoms with van der Waals surface area (Å²) in [5, 5.41) is 7.44. The molecule has 232 valence electrons. The van der Waals surface area contributed by atoms with Gasteiger partial charge in [-0.2, -0.15) is 0 Å². The molecule has 0 heterocycles. The summed E-state index contributed by atoms with van der Waals surface area (Å²) in [6, 6.07) is 64.0. The van der Waals surface area contributed by atoms with Crippen LogP contribution in [0.2, 0.25) is 0 Å². The second kappa shape index (κ2) is 12.7. The summed E-state index contributed by atoms with van der Waals surface area (Å²) >= 11 is 0. The van der Waals surface area contributed by atoms with Gasteiger partial charge in [-0.3, -0.25) is 0 Å². The first-order valence-corrected chi connectivity index (χ1v) is 16.9. The minimum Gasteiger partial charge on any atom is -0.310 e. The molecule has 0 aliphatic rings. The maximum absolute atomic E-state index is 2.39. The highest BCUT2D eigenvalue weighted by Crippen LogP contribution is 2.42. The van der Waals surface area contributed by atoms with Crippen LogP contribution in [-0.2, 0) is 0 Å². The predicted octanol–water partition coefficient (Wildman–Crippen LogP) is 13.6. The summed E-state index contributed by atoms with van der Waals surface area (Å²) in [6.45, 7) is 4.55. The molecule has 8 aromatic carbocycles. The van der Waals surface area contributed by atoms with Gasteiger partial charge in [0.2, 0.25) is 0 Å². The molecule has 0 aliphatic carbocycles. The first-order valence-electron chi connectivity index (χ1n) is 16.9. The minimum absolute atomic E-state index is 0.530. The molecule has 0 saturated carbocycles. The van der Waals surface area contributed by atoms with E-state index in [0.29, 0.717) is 5.92 Å². The van der Waals surface area contributed by atoms with Gasteiger partial charge in [0.05, 0.1) is 5.69 Å². The summed E-state index contributed by atoms with van der Waals surface area (Å²) in [7, 11) is 0. The van der Waals surface area contributed by atoms with Crippen LogP contribution in [0, 0.1) is 0 Å². The average Bonchev–Trinajstić information content (AvgIpc) is 3.15. The Kier molecular flexibility index (Phi) is 7.84. The highest BCUT2D eigenvalue weighted by atomic mass is 15.2. The number of benzene rings is 8. The van der Waals surface area contributed by atoms with Crippen LogP contribution in [0.25, 0.3) is 32.3 Å². The lowest BCUT2D eigenvalue weighted by Gasteiger charge is -2.29. The number of hydrogen-bond acceptors (Lipinski definition) is 2. The zero-order valence-electron chi connectivity index (χ0n) is 27.4. The van der Waals surface area contributed by atoms with Crippen molar-refractivity contribution in [3.8, 4) is 0 Å². The van der Waals surface area contributed by atoms with Gasteiger partial charge in [-0.15, -0.1) is 0 Å². The summed E-state index contributed by atoms with van der Waals surface area (Å²) < 4.78 is 0. The molecule has 2 nitrogen and oxygen atoms in total. The highest BCUT2D eigenvalue weighted by molar-refractivity contribution is 6.01. The lowest BCUT2D eigenvalue weighted by molar-refractivity contribution is 0.733. The van der Waals surface area contributed by atoms with Crippen LogP contribution in [0.15, 0.2) is 176 Å². The molecule has 0 bridgehead atoms. The smallest absolute Gasteiger partial charge is 0.0540 e. The Bertz CT molecular complexity index is 2340. The van der Waals surface area contributed by atoms with E-state index in [-0.39, 0.29) is 0 Å². The molecular formula is C46H38N2. The van der Waals surface area contributed by atoms with Gasteiger partial charge in [0.1, 0.15) is 0 Å². The van der Waals surface area contributed by atoms with Gasteiger partial charge in [-0.05, 0) is 124 Å². The van der Waals surface area contributed by atoms with Crippen molar-refractivity contribution in [2.45, 2.75) is 26.2 Å². The van der Waals surface area contributed by atoms with E-state index in [9.17, 15) is 0 Å². The fraction of sp³-hybridized carbons (Fsp3) is 0.0870. The van der Waals surface area contributed by atoms with Gasteiger partial charge in [-0.1, -0.05) is 111 Å². The van der Waals surface area contributed by atoms with Gasteiger partial charge >= 0.3 is 0 Å². The fourth-order valence-corrected chi connectivity index (χ4v) is 6.86. The van der Waals surface area contributed by atoms with Crippen LogP contribution >= 0.6 is 0 Å². The lowest BCUT2D eigenvalue weighted by atomic mass is 9.98. The van der Waals surface area contributed by atoms with E-state index in [1.807, 2.05) is 0 Å². The van der Waals surface area contributed by atoms with Crippen molar-refractivity contribution in [3.05, 3.63) is 181 Å². The van der Waals surface area contributed by atoms with Gasteiger partial charge in [0.15, 0.2) is 0 Å².